The molecule has 0 fully saturated rings. The van der Waals surface area contributed by atoms with Gasteiger partial charge >= 0.3 is 0 Å². The standard InChI is InChI=1S/C13H18ClNO2/c1-3-7-15(8-9-17-2)13-11(10-16)5-4-6-12(13)14/h3-6,16H,1,7-10H2,2H3. The molecule has 0 heterocycles. The molecule has 1 aromatic carbocycles. The van der Waals surface area contributed by atoms with E-state index in [9.17, 15) is 5.11 Å². The van der Waals surface area contributed by atoms with Crippen LogP contribution in [0.2, 0.25) is 5.02 Å². The lowest BCUT2D eigenvalue weighted by Crippen LogP contribution is -2.28. The van der Waals surface area contributed by atoms with Crippen molar-refractivity contribution in [1.82, 2.24) is 0 Å². The molecule has 1 rings (SSSR count). The van der Waals surface area contributed by atoms with Crippen LogP contribution in [0.15, 0.2) is 30.9 Å². The van der Waals surface area contributed by atoms with E-state index in [1.807, 2.05) is 23.1 Å². The molecular weight excluding hydrogens is 238 g/mol. The zero-order valence-electron chi connectivity index (χ0n) is 10.0. The van der Waals surface area contributed by atoms with Crippen molar-refractivity contribution >= 4 is 17.3 Å². The smallest absolute Gasteiger partial charge is 0.0702 e. The van der Waals surface area contributed by atoms with Crippen LogP contribution < -0.4 is 4.90 Å². The molecule has 0 amide bonds. The number of ether oxygens (including phenoxy) is 1. The number of hydrogen-bond acceptors (Lipinski definition) is 3. The molecule has 94 valence electrons. The van der Waals surface area contributed by atoms with Crippen LogP contribution in [-0.2, 0) is 11.3 Å². The van der Waals surface area contributed by atoms with Crippen molar-refractivity contribution in [2.45, 2.75) is 6.61 Å². The number of methoxy groups -OCH3 is 1. The largest absolute Gasteiger partial charge is 0.392 e. The van der Waals surface area contributed by atoms with Crippen molar-refractivity contribution in [2.24, 2.45) is 0 Å². The highest BCUT2D eigenvalue weighted by Crippen LogP contribution is 2.29. The molecule has 0 aliphatic carbocycles. The number of para-hydroxylation sites is 1. The number of halogens is 1. The molecule has 0 saturated heterocycles. The van der Waals surface area contributed by atoms with Crippen LogP contribution in [0.1, 0.15) is 5.56 Å². The summed E-state index contributed by atoms with van der Waals surface area (Å²) in [6.45, 7) is 5.68. The van der Waals surface area contributed by atoms with E-state index in [0.29, 0.717) is 24.7 Å². The summed E-state index contributed by atoms with van der Waals surface area (Å²) >= 11 is 6.19. The Morgan fingerprint density at radius 1 is 1.53 bits per heavy atom. The fraction of sp³-hybridized carbons (Fsp3) is 0.385. The summed E-state index contributed by atoms with van der Waals surface area (Å²) in [5.74, 6) is 0. The van der Waals surface area contributed by atoms with Crippen LogP contribution in [0.4, 0.5) is 5.69 Å². The maximum atomic E-state index is 9.34. The monoisotopic (exact) mass is 255 g/mol. The van der Waals surface area contributed by atoms with E-state index >= 15 is 0 Å². The molecule has 0 bridgehead atoms. The highest BCUT2D eigenvalue weighted by molar-refractivity contribution is 6.33. The summed E-state index contributed by atoms with van der Waals surface area (Å²) in [6.07, 6.45) is 1.81. The van der Waals surface area contributed by atoms with E-state index in [1.54, 1.807) is 13.2 Å². The maximum Gasteiger partial charge on any atom is 0.0702 e. The average molecular weight is 256 g/mol. The molecule has 0 atom stereocenters. The highest BCUT2D eigenvalue weighted by Gasteiger charge is 2.13. The number of hydrogen-bond donors (Lipinski definition) is 1. The minimum atomic E-state index is -0.0312. The Bertz CT molecular complexity index is 368. The Labute approximate surface area is 107 Å². The first-order valence-electron chi connectivity index (χ1n) is 5.47. The van der Waals surface area contributed by atoms with Gasteiger partial charge < -0.3 is 14.7 Å². The summed E-state index contributed by atoms with van der Waals surface area (Å²) in [7, 11) is 1.66. The molecule has 1 N–H and O–H groups in total. The van der Waals surface area contributed by atoms with Gasteiger partial charge in [-0.3, -0.25) is 0 Å². The fourth-order valence-corrected chi connectivity index (χ4v) is 2.01. The summed E-state index contributed by atoms with van der Waals surface area (Å²) in [5.41, 5.74) is 1.67. The van der Waals surface area contributed by atoms with Crippen molar-refractivity contribution in [3.05, 3.63) is 41.4 Å². The van der Waals surface area contributed by atoms with E-state index in [2.05, 4.69) is 6.58 Å². The third-order valence-corrected chi connectivity index (χ3v) is 2.78. The molecule has 17 heavy (non-hydrogen) atoms. The van der Waals surface area contributed by atoms with Gasteiger partial charge in [0.15, 0.2) is 0 Å². The number of benzene rings is 1. The van der Waals surface area contributed by atoms with Crippen molar-refractivity contribution in [1.29, 1.82) is 0 Å². The van der Waals surface area contributed by atoms with E-state index in [0.717, 1.165) is 11.3 Å². The molecule has 3 nitrogen and oxygen atoms in total. The number of anilines is 1. The first-order valence-corrected chi connectivity index (χ1v) is 5.85. The molecule has 4 heteroatoms. The Morgan fingerprint density at radius 3 is 2.88 bits per heavy atom. The first kappa shape index (κ1) is 14.0. The molecular formula is C13H18ClNO2. The lowest BCUT2D eigenvalue weighted by molar-refractivity contribution is 0.205. The molecule has 0 aliphatic rings. The molecule has 1 aromatic rings. The minimum Gasteiger partial charge on any atom is -0.392 e. The van der Waals surface area contributed by atoms with E-state index < -0.39 is 0 Å². The van der Waals surface area contributed by atoms with Crippen LogP contribution in [0, 0.1) is 0 Å². The minimum absolute atomic E-state index is 0.0312. The summed E-state index contributed by atoms with van der Waals surface area (Å²) in [6, 6.07) is 5.52. The van der Waals surface area contributed by atoms with Gasteiger partial charge in [0, 0.05) is 25.8 Å². The summed E-state index contributed by atoms with van der Waals surface area (Å²) < 4.78 is 5.07. The third kappa shape index (κ3) is 3.73. The second-order valence-corrected chi connectivity index (χ2v) is 4.04. The van der Waals surface area contributed by atoms with Gasteiger partial charge in [-0.25, -0.2) is 0 Å². The SMILES string of the molecule is C=CCN(CCOC)c1c(Cl)cccc1CO. The van der Waals surface area contributed by atoms with Crippen LogP contribution in [0.5, 0.6) is 0 Å². The number of rotatable bonds is 7. The Balaban J connectivity index is 3.02. The summed E-state index contributed by atoms with van der Waals surface area (Å²) in [4.78, 5) is 2.05. The number of aliphatic hydroxyl groups is 1. The normalized spacial score (nSPS) is 10.3. The van der Waals surface area contributed by atoms with Crippen molar-refractivity contribution in [2.75, 3.05) is 31.7 Å². The predicted molar refractivity (Wildman–Crippen MR) is 71.7 cm³/mol. The van der Waals surface area contributed by atoms with Gasteiger partial charge in [-0.15, -0.1) is 6.58 Å². The molecule has 0 spiro atoms. The van der Waals surface area contributed by atoms with E-state index in [4.69, 9.17) is 16.3 Å². The number of nitrogens with zero attached hydrogens (tertiary/aromatic N) is 1. The quantitative estimate of drug-likeness (QED) is 0.760. The third-order valence-electron chi connectivity index (χ3n) is 2.47. The molecule has 0 aromatic heterocycles. The Kier molecular flexibility index (Phi) is 6.05. The predicted octanol–water partition coefficient (Wildman–Crippen LogP) is 2.47. The first-order chi connectivity index (χ1) is 8.24. The molecule has 0 saturated carbocycles. The Hall–Kier alpha value is -1.03. The molecule has 0 unspecified atom stereocenters. The van der Waals surface area contributed by atoms with Crippen LogP contribution in [-0.4, -0.2) is 31.9 Å². The fourth-order valence-electron chi connectivity index (χ4n) is 1.69. The van der Waals surface area contributed by atoms with Crippen LogP contribution in [0.25, 0.3) is 0 Å². The second-order valence-electron chi connectivity index (χ2n) is 3.63. The zero-order chi connectivity index (χ0) is 12.7. The maximum absolute atomic E-state index is 9.34. The highest BCUT2D eigenvalue weighted by atomic mass is 35.5. The van der Waals surface area contributed by atoms with Gasteiger partial charge in [-0.1, -0.05) is 29.8 Å². The molecule has 0 radical (unpaired) electrons. The number of aliphatic hydroxyl groups excluding tert-OH is 1. The van der Waals surface area contributed by atoms with Crippen LogP contribution in [0.3, 0.4) is 0 Å². The Morgan fingerprint density at radius 2 is 2.29 bits per heavy atom. The van der Waals surface area contributed by atoms with Gasteiger partial charge in [0.05, 0.1) is 23.9 Å². The van der Waals surface area contributed by atoms with Crippen molar-refractivity contribution in [3.63, 3.8) is 0 Å². The molecule has 0 aliphatic heterocycles. The van der Waals surface area contributed by atoms with Gasteiger partial charge in [0.1, 0.15) is 0 Å². The van der Waals surface area contributed by atoms with Crippen molar-refractivity contribution < 1.29 is 9.84 Å². The van der Waals surface area contributed by atoms with Gasteiger partial charge in [0.25, 0.3) is 0 Å². The van der Waals surface area contributed by atoms with Gasteiger partial charge in [-0.05, 0) is 6.07 Å². The topological polar surface area (TPSA) is 32.7 Å². The summed E-state index contributed by atoms with van der Waals surface area (Å²) in [5, 5.41) is 9.98. The van der Waals surface area contributed by atoms with E-state index in [-0.39, 0.29) is 6.61 Å². The van der Waals surface area contributed by atoms with E-state index in [1.165, 1.54) is 0 Å². The average Bonchev–Trinajstić information content (AvgIpc) is 2.34. The van der Waals surface area contributed by atoms with Crippen LogP contribution >= 0.6 is 11.6 Å². The van der Waals surface area contributed by atoms with Crippen molar-refractivity contribution in [3.8, 4) is 0 Å². The lowest BCUT2D eigenvalue weighted by atomic mass is 10.1. The van der Waals surface area contributed by atoms with Gasteiger partial charge in [0.2, 0.25) is 0 Å². The second kappa shape index (κ2) is 7.33. The zero-order valence-corrected chi connectivity index (χ0v) is 10.8. The van der Waals surface area contributed by atoms with Gasteiger partial charge in [-0.2, -0.15) is 0 Å². The lowest BCUT2D eigenvalue weighted by Gasteiger charge is -2.26.